The van der Waals surface area contributed by atoms with Gasteiger partial charge in [-0.05, 0) is 26.8 Å². The largest absolute Gasteiger partial charge is 0.477 e. The van der Waals surface area contributed by atoms with Crippen molar-refractivity contribution in [1.29, 1.82) is 0 Å². The first kappa shape index (κ1) is 29.9. The van der Waals surface area contributed by atoms with Crippen molar-refractivity contribution < 1.29 is 43.5 Å². The molecule has 0 aromatic carbocycles. The zero-order valence-electron chi connectivity index (χ0n) is 22.3. The molecule has 0 saturated carbocycles. The quantitative estimate of drug-likeness (QED) is 0.0831. The molecule has 4 heterocycles. The number of thioether (sulfide) groups is 1. The molecule has 2 aromatic heterocycles. The first-order valence-corrected chi connectivity index (χ1v) is 14.1. The molecular formula is C24H28N7O8S2+. The number of nitrogens with zero attached hydrogens (tertiary/aromatic N) is 5. The first-order valence-electron chi connectivity index (χ1n) is 12.3. The lowest BCUT2D eigenvalue weighted by Gasteiger charge is -2.49. The Morgan fingerprint density at radius 1 is 1.37 bits per heavy atom. The highest BCUT2D eigenvalue weighted by atomic mass is 32.2. The molecule has 0 aliphatic carbocycles. The molecule has 2 aliphatic heterocycles. The van der Waals surface area contributed by atoms with Gasteiger partial charge in [-0.3, -0.25) is 14.5 Å². The van der Waals surface area contributed by atoms with E-state index < -0.39 is 46.5 Å². The molecule has 218 valence electrons. The monoisotopic (exact) mass is 606 g/mol. The Morgan fingerprint density at radius 3 is 2.76 bits per heavy atom. The van der Waals surface area contributed by atoms with Crippen molar-refractivity contribution >= 4 is 57.9 Å². The SMILES string of the molecule is CCOC(=O)C(C)(C)ON=C(C(=O)NC1C(=O)N2C(C(=O)O)=C(C[n+]3cccc(CO)c3)CS[C@H]12)c1nsc(N)n1. The second kappa shape index (κ2) is 12.2. The summed E-state index contributed by atoms with van der Waals surface area (Å²) in [5, 5.41) is 25.1. The number of β-lactam (4-membered cyclic amide) rings is 1. The van der Waals surface area contributed by atoms with Crippen LogP contribution in [0.5, 0.6) is 0 Å². The first-order chi connectivity index (χ1) is 19.5. The number of aliphatic hydroxyl groups is 1. The minimum absolute atomic E-state index is 0.0463. The Balaban J connectivity index is 1.54. The highest BCUT2D eigenvalue weighted by molar-refractivity contribution is 8.00. The number of hydrogen-bond donors (Lipinski definition) is 4. The zero-order valence-corrected chi connectivity index (χ0v) is 23.9. The van der Waals surface area contributed by atoms with E-state index in [9.17, 15) is 29.4 Å². The van der Waals surface area contributed by atoms with E-state index in [1.807, 2.05) is 0 Å². The number of carbonyl (C=O) groups is 4. The minimum Gasteiger partial charge on any atom is -0.477 e. The molecule has 1 saturated heterocycles. The fourth-order valence-electron chi connectivity index (χ4n) is 4.02. The third kappa shape index (κ3) is 6.31. The molecule has 2 atom stereocenters. The predicted octanol–water partition coefficient (Wildman–Crippen LogP) is -0.599. The number of fused-ring (bicyclic) bond motifs is 1. The van der Waals surface area contributed by atoms with Gasteiger partial charge in [0, 0.05) is 34.5 Å². The van der Waals surface area contributed by atoms with E-state index in [1.165, 1.54) is 25.6 Å². The molecule has 2 aliphatic rings. The number of anilines is 1. The topological polar surface area (TPSA) is 211 Å². The second-order valence-corrected chi connectivity index (χ2v) is 11.3. The molecule has 0 radical (unpaired) electrons. The van der Waals surface area contributed by atoms with Gasteiger partial charge in [-0.15, -0.1) is 11.8 Å². The van der Waals surface area contributed by atoms with Crippen molar-refractivity contribution in [3.05, 3.63) is 47.2 Å². The average molecular weight is 607 g/mol. The normalized spacial score (nSPS) is 18.9. The lowest BCUT2D eigenvalue weighted by molar-refractivity contribution is -0.689. The van der Waals surface area contributed by atoms with Gasteiger partial charge in [0.05, 0.1) is 13.2 Å². The number of aliphatic carboxylic acids is 1. The van der Waals surface area contributed by atoms with Gasteiger partial charge < -0.3 is 30.8 Å². The molecule has 2 aromatic rings. The van der Waals surface area contributed by atoms with Gasteiger partial charge in [-0.2, -0.15) is 9.36 Å². The fourth-order valence-corrected chi connectivity index (χ4v) is 5.79. The van der Waals surface area contributed by atoms with E-state index in [2.05, 4.69) is 19.8 Å². The van der Waals surface area contributed by atoms with E-state index in [4.69, 9.17) is 15.3 Å². The lowest BCUT2D eigenvalue weighted by atomic mass is 10.0. The van der Waals surface area contributed by atoms with Crippen LogP contribution in [0.3, 0.4) is 0 Å². The summed E-state index contributed by atoms with van der Waals surface area (Å²) in [6.07, 6.45) is 3.42. The molecule has 0 spiro atoms. The smallest absolute Gasteiger partial charge is 0.352 e. The van der Waals surface area contributed by atoms with Gasteiger partial charge in [-0.25, -0.2) is 14.2 Å². The number of carbonyl (C=O) groups excluding carboxylic acids is 3. The predicted molar refractivity (Wildman–Crippen MR) is 145 cm³/mol. The van der Waals surface area contributed by atoms with Crippen molar-refractivity contribution in [3.8, 4) is 0 Å². The van der Waals surface area contributed by atoms with Crippen LogP contribution in [0.4, 0.5) is 5.13 Å². The third-order valence-corrected chi connectivity index (χ3v) is 7.89. The second-order valence-electron chi connectivity index (χ2n) is 9.38. The maximum Gasteiger partial charge on any atom is 0.352 e. The van der Waals surface area contributed by atoms with E-state index in [0.717, 1.165) is 16.4 Å². The Hall–Kier alpha value is -4.09. The van der Waals surface area contributed by atoms with Crippen molar-refractivity contribution in [2.24, 2.45) is 5.16 Å². The third-order valence-electron chi connectivity index (χ3n) is 6.01. The zero-order chi connectivity index (χ0) is 29.9. The van der Waals surface area contributed by atoms with Crippen LogP contribution < -0.4 is 15.6 Å². The summed E-state index contributed by atoms with van der Waals surface area (Å²) >= 11 is 2.09. The highest BCUT2D eigenvalue weighted by Crippen LogP contribution is 2.40. The van der Waals surface area contributed by atoms with Crippen LogP contribution in [0.1, 0.15) is 32.2 Å². The van der Waals surface area contributed by atoms with Gasteiger partial charge in [0.1, 0.15) is 17.1 Å². The number of amides is 2. The Labute approximate surface area is 242 Å². The summed E-state index contributed by atoms with van der Waals surface area (Å²) in [6.45, 7) is 4.55. The number of carboxylic acids is 1. The molecular weight excluding hydrogens is 578 g/mol. The van der Waals surface area contributed by atoms with Gasteiger partial charge in [0.25, 0.3) is 11.8 Å². The molecule has 1 unspecified atom stereocenters. The summed E-state index contributed by atoms with van der Waals surface area (Å²) in [7, 11) is 0. The van der Waals surface area contributed by atoms with Crippen LogP contribution in [0.15, 0.2) is 41.0 Å². The van der Waals surface area contributed by atoms with Gasteiger partial charge in [0.2, 0.25) is 17.1 Å². The Morgan fingerprint density at radius 2 is 2.12 bits per heavy atom. The number of nitrogens with two attached hydrogens (primary N) is 1. The molecule has 5 N–H and O–H groups in total. The molecule has 2 amide bonds. The standard InChI is InChI=1S/C24H27N7O8S2/c1-4-38-22(37)24(2,3)39-28-14(17-27-23(25)41-29-17)18(33)26-15-19(34)31-16(21(35)36)13(11-40-20(15)31)9-30-7-5-6-12(8-30)10-32/h5-8,15,20,32H,4,9-11H2,1-3H3,(H3-,25,26,27,29,33,35,36)/p+1/t15?,20-/m1/s1. The van der Waals surface area contributed by atoms with E-state index in [0.29, 0.717) is 11.1 Å². The van der Waals surface area contributed by atoms with Crippen molar-refractivity contribution in [2.45, 2.75) is 50.9 Å². The summed E-state index contributed by atoms with van der Waals surface area (Å²) in [5.41, 5.74) is 4.66. The van der Waals surface area contributed by atoms with Crippen molar-refractivity contribution in [3.63, 3.8) is 0 Å². The molecule has 1 fully saturated rings. The molecule has 17 heteroatoms. The van der Waals surface area contributed by atoms with Crippen LogP contribution in [0.25, 0.3) is 0 Å². The van der Waals surface area contributed by atoms with Crippen molar-refractivity contribution in [2.75, 3.05) is 18.1 Å². The number of nitrogens with one attached hydrogen (secondary N) is 1. The average Bonchev–Trinajstić information content (AvgIpc) is 3.37. The van der Waals surface area contributed by atoms with Crippen LogP contribution in [-0.4, -0.2) is 83.3 Å². The Bertz CT molecular complexity index is 1440. The summed E-state index contributed by atoms with van der Waals surface area (Å²) < 4.78 is 10.7. The van der Waals surface area contributed by atoms with Crippen LogP contribution in [0.2, 0.25) is 0 Å². The van der Waals surface area contributed by atoms with E-state index in [1.54, 1.807) is 36.0 Å². The minimum atomic E-state index is -1.56. The number of esters is 1. The van der Waals surface area contributed by atoms with Crippen LogP contribution in [0, 0.1) is 0 Å². The number of pyridine rings is 1. The van der Waals surface area contributed by atoms with E-state index >= 15 is 0 Å². The Kier molecular flexibility index (Phi) is 8.89. The maximum absolute atomic E-state index is 13.3. The van der Waals surface area contributed by atoms with Crippen LogP contribution in [-0.2, 0) is 41.9 Å². The lowest BCUT2D eigenvalue weighted by Crippen LogP contribution is -2.71. The van der Waals surface area contributed by atoms with Crippen LogP contribution >= 0.6 is 23.3 Å². The molecule has 0 bridgehead atoms. The van der Waals surface area contributed by atoms with Gasteiger partial charge >= 0.3 is 11.9 Å². The number of aliphatic hydroxyl groups excluding tert-OH is 1. The fraction of sp³-hybridized carbons (Fsp3) is 0.417. The van der Waals surface area contributed by atoms with Gasteiger partial charge in [0.15, 0.2) is 24.1 Å². The molecule has 4 rings (SSSR count). The summed E-state index contributed by atoms with van der Waals surface area (Å²) in [4.78, 5) is 61.3. The summed E-state index contributed by atoms with van der Waals surface area (Å²) in [5.74, 6) is -3.41. The number of oxime groups is 1. The number of carboxylic acid groups (broad SMARTS) is 1. The number of aromatic nitrogens is 3. The molecule has 15 nitrogen and oxygen atoms in total. The number of rotatable bonds is 11. The number of hydrogen-bond acceptors (Lipinski definition) is 13. The highest BCUT2D eigenvalue weighted by Gasteiger charge is 2.55. The van der Waals surface area contributed by atoms with Gasteiger partial charge in [-0.1, -0.05) is 5.16 Å². The molecule has 41 heavy (non-hydrogen) atoms. The number of nitrogen functional groups attached to an aromatic ring is 1. The number of ether oxygens (including phenoxy) is 1. The summed E-state index contributed by atoms with van der Waals surface area (Å²) in [6, 6.07) is 2.39. The van der Waals surface area contributed by atoms with Crippen molar-refractivity contribution in [1.82, 2.24) is 19.6 Å². The van der Waals surface area contributed by atoms with E-state index in [-0.39, 0.29) is 42.2 Å². The maximum atomic E-state index is 13.3.